The van der Waals surface area contributed by atoms with Gasteiger partial charge in [-0.25, -0.2) is 0 Å². The van der Waals surface area contributed by atoms with Crippen LogP contribution in [0.3, 0.4) is 0 Å². The molecule has 1 heteroatoms. The number of aryl methyl sites for hydroxylation is 1. The van der Waals surface area contributed by atoms with Crippen LogP contribution in [0.15, 0.2) is 18.2 Å². The SMILES string of the molecule is Cc1cc(C(C)(C)C)ccc1C[C@H](C)C=O. The third-order valence-electron chi connectivity index (χ3n) is 2.98. The summed E-state index contributed by atoms with van der Waals surface area (Å²) in [7, 11) is 0. The van der Waals surface area contributed by atoms with Crippen LogP contribution in [0.25, 0.3) is 0 Å². The highest BCUT2D eigenvalue weighted by atomic mass is 16.1. The molecule has 0 saturated carbocycles. The van der Waals surface area contributed by atoms with Crippen LogP contribution in [0.2, 0.25) is 0 Å². The molecule has 1 nitrogen and oxygen atoms in total. The Hall–Kier alpha value is -1.11. The molecule has 1 aromatic rings. The molecule has 0 radical (unpaired) electrons. The summed E-state index contributed by atoms with van der Waals surface area (Å²) in [4.78, 5) is 10.6. The molecule has 0 fully saturated rings. The van der Waals surface area contributed by atoms with E-state index in [4.69, 9.17) is 0 Å². The lowest BCUT2D eigenvalue weighted by molar-refractivity contribution is -0.110. The molecule has 1 aromatic carbocycles. The maximum absolute atomic E-state index is 10.6. The Labute approximate surface area is 98.9 Å². The maximum atomic E-state index is 10.6. The summed E-state index contributed by atoms with van der Waals surface area (Å²) in [5, 5.41) is 0. The van der Waals surface area contributed by atoms with Gasteiger partial charge in [0.2, 0.25) is 0 Å². The molecule has 0 unspecified atom stereocenters. The van der Waals surface area contributed by atoms with E-state index in [1.165, 1.54) is 16.7 Å². The highest BCUT2D eigenvalue weighted by molar-refractivity contribution is 5.54. The first kappa shape index (κ1) is 13.0. The predicted molar refractivity (Wildman–Crippen MR) is 68.8 cm³/mol. The Balaban J connectivity index is 2.96. The second kappa shape index (κ2) is 4.82. The number of carbonyl (C=O) groups excluding carboxylic acids is 1. The number of rotatable bonds is 3. The van der Waals surface area contributed by atoms with Gasteiger partial charge in [-0.2, -0.15) is 0 Å². The van der Waals surface area contributed by atoms with E-state index in [1.54, 1.807) is 0 Å². The van der Waals surface area contributed by atoms with E-state index in [0.29, 0.717) is 0 Å². The third kappa shape index (κ3) is 3.19. The van der Waals surface area contributed by atoms with Gasteiger partial charge in [0.1, 0.15) is 6.29 Å². The van der Waals surface area contributed by atoms with Crippen LogP contribution in [0, 0.1) is 12.8 Å². The molecule has 0 aliphatic heterocycles. The van der Waals surface area contributed by atoms with Gasteiger partial charge < -0.3 is 4.79 Å². The van der Waals surface area contributed by atoms with Gasteiger partial charge in [-0.15, -0.1) is 0 Å². The molecular formula is C15H22O. The van der Waals surface area contributed by atoms with Crippen molar-refractivity contribution >= 4 is 6.29 Å². The largest absolute Gasteiger partial charge is 0.303 e. The van der Waals surface area contributed by atoms with Gasteiger partial charge in [0.25, 0.3) is 0 Å². The number of hydrogen-bond acceptors (Lipinski definition) is 1. The quantitative estimate of drug-likeness (QED) is 0.707. The van der Waals surface area contributed by atoms with Gasteiger partial charge in [0.05, 0.1) is 0 Å². The van der Waals surface area contributed by atoms with Gasteiger partial charge in [0, 0.05) is 5.92 Å². The molecular weight excluding hydrogens is 196 g/mol. The minimum absolute atomic E-state index is 0.110. The minimum Gasteiger partial charge on any atom is -0.303 e. The van der Waals surface area contributed by atoms with E-state index in [0.717, 1.165) is 12.7 Å². The van der Waals surface area contributed by atoms with E-state index >= 15 is 0 Å². The molecule has 88 valence electrons. The molecule has 0 aromatic heterocycles. The number of carbonyl (C=O) groups is 1. The Morgan fingerprint density at radius 3 is 2.38 bits per heavy atom. The molecule has 1 rings (SSSR count). The zero-order valence-electron chi connectivity index (χ0n) is 11.0. The third-order valence-corrected chi connectivity index (χ3v) is 2.98. The summed E-state index contributed by atoms with van der Waals surface area (Å²) < 4.78 is 0. The maximum Gasteiger partial charge on any atom is 0.123 e. The van der Waals surface area contributed by atoms with Gasteiger partial charge >= 0.3 is 0 Å². The Morgan fingerprint density at radius 1 is 1.31 bits per heavy atom. The minimum atomic E-state index is 0.110. The second-order valence-electron chi connectivity index (χ2n) is 5.71. The molecule has 0 bridgehead atoms. The van der Waals surface area contributed by atoms with Crippen LogP contribution >= 0.6 is 0 Å². The van der Waals surface area contributed by atoms with E-state index in [-0.39, 0.29) is 11.3 Å². The van der Waals surface area contributed by atoms with Gasteiger partial charge in [0.15, 0.2) is 0 Å². The van der Waals surface area contributed by atoms with Crippen molar-refractivity contribution in [2.24, 2.45) is 5.92 Å². The Morgan fingerprint density at radius 2 is 1.94 bits per heavy atom. The fourth-order valence-electron chi connectivity index (χ4n) is 1.79. The monoisotopic (exact) mass is 218 g/mol. The van der Waals surface area contributed by atoms with Gasteiger partial charge in [-0.05, 0) is 35.4 Å². The molecule has 0 spiro atoms. The average molecular weight is 218 g/mol. The highest BCUT2D eigenvalue weighted by Crippen LogP contribution is 2.25. The molecule has 1 atom stereocenters. The van der Waals surface area contributed by atoms with Crippen LogP contribution in [0.4, 0.5) is 0 Å². The molecule has 0 heterocycles. The lowest BCUT2D eigenvalue weighted by Crippen LogP contribution is -2.12. The van der Waals surface area contributed by atoms with Crippen molar-refractivity contribution in [3.63, 3.8) is 0 Å². The summed E-state index contributed by atoms with van der Waals surface area (Å²) in [6.07, 6.45) is 1.87. The molecule has 0 N–H and O–H groups in total. The first-order chi connectivity index (χ1) is 7.34. The molecule has 16 heavy (non-hydrogen) atoms. The van der Waals surface area contributed by atoms with Crippen molar-refractivity contribution in [2.45, 2.75) is 46.5 Å². The number of aldehydes is 1. The van der Waals surface area contributed by atoms with Crippen LogP contribution in [0.5, 0.6) is 0 Å². The van der Waals surface area contributed by atoms with Crippen molar-refractivity contribution in [1.29, 1.82) is 0 Å². The standard InChI is InChI=1S/C15H22O/c1-11(10-16)8-13-6-7-14(9-12(13)2)15(3,4)5/h6-7,9-11H,8H2,1-5H3/t11-/m0/s1. The fourth-order valence-corrected chi connectivity index (χ4v) is 1.79. The Kier molecular flexibility index (Phi) is 3.90. The van der Waals surface area contributed by atoms with Crippen molar-refractivity contribution in [3.8, 4) is 0 Å². The number of hydrogen-bond donors (Lipinski definition) is 0. The van der Waals surface area contributed by atoms with Crippen molar-refractivity contribution < 1.29 is 4.79 Å². The lowest BCUT2D eigenvalue weighted by Gasteiger charge is -2.20. The summed E-state index contributed by atoms with van der Waals surface area (Å²) in [6, 6.07) is 6.59. The normalized spacial score (nSPS) is 13.6. The summed E-state index contributed by atoms with van der Waals surface area (Å²) in [6.45, 7) is 10.7. The van der Waals surface area contributed by atoms with E-state index < -0.39 is 0 Å². The van der Waals surface area contributed by atoms with Crippen LogP contribution < -0.4 is 0 Å². The van der Waals surface area contributed by atoms with Crippen molar-refractivity contribution in [3.05, 3.63) is 34.9 Å². The first-order valence-electron chi connectivity index (χ1n) is 5.90. The highest BCUT2D eigenvalue weighted by Gasteiger charge is 2.14. The van der Waals surface area contributed by atoms with Gasteiger partial charge in [-0.1, -0.05) is 45.9 Å². The summed E-state index contributed by atoms with van der Waals surface area (Å²) >= 11 is 0. The zero-order valence-corrected chi connectivity index (χ0v) is 11.0. The lowest BCUT2D eigenvalue weighted by atomic mass is 9.84. The van der Waals surface area contributed by atoms with E-state index in [2.05, 4.69) is 45.9 Å². The fraction of sp³-hybridized carbons (Fsp3) is 0.533. The van der Waals surface area contributed by atoms with E-state index in [9.17, 15) is 4.79 Å². The van der Waals surface area contributed by atoms with E-state index in [1.807, 2.05) is 6.92 Å². The van der Waals surface area contributed by atoms with Crippen LogP contribution in [-0.4, -0.2) is 6.29 Å². The molecule has 0 aliphatic rings. The van der Waals surface area contributed by atoms with Crippen LogP contribution in [0.1, 0.15) is 44.4 Å². The average Bonchev–Trinajstić information content (AvgIpc) is 2.19. The predicted octanol–water partition coefficient (Wildman–Crippen LogP) is 3.67. The number of benzene rings is 1. The van der Waals surface area contributed by atoms with Crippen molar-refractivity contribution in [2.75, 3.05) is 0 Å². The van der Waals surface area contributed by atoms with Crippen molar-refractivity contribution in [1.82, 2.24) is 0 Å². The molecule has 0 aliphatic carbocycles. The zero-order chi connectivity index (χ0) is 12.3. The van der Waals surface area contributed by atoms with Gasteiger partial charge in [-0.3, -0.25) is 0 Å². The summed E-state index contributed by atoms with van der Waals surface area (Å²) in [5.41, 5.74) is 4.13. The first-order valence-corrected chi connectivity index (χ1v) is 5.90. The second-order valence-corrected chi connectivity index (χ2v) is 5.71. The topological polar surface area (TPSA) is 17.1 Å². The Bertz CT molecular complexity index is 372. The molecule has 0 amide bonds. The molecule has 0 saturated heterocycles. The summed E-state index contributed by atoms with van der Waals surface area (Å²) in [5.74, 6) is 0.110. The van der Waals surface area contributed by atoms with Crippen LogP contribution in [-0.2, 0) is 16.6 Å². The smallest absolute Gasteiger partial charge is 0.123 e.